The van der Waals surface area contributed by atoms with Crippen LogP contribution in [-0.4, -0.2) is 49.4 Å². The van der Waals surface area contributed by atoms with E-state index < -0.39 is 0 Å². The standard InChI is InChI=1S/C22H34N4O3/c1-16(2)10-13-29-19-14-17(3)8-9-18(19)15-25-22(23-4)24-11-12-26-20(27)6-5-7-21(26)28/h8-9,14,16H,5-7,10-13,15H2,1-4H3,(H2,23,24,25). The number of benzene rings is 1. The summed E-state index contributed by atoms with van der Waals surface area (Å²) in [5.74, 6) is 1.93. The monoisotopic (exact) mass is 402 g/mol. The maximum atomic E-state index is 11.9. The lowest BCUT2D eigenvalue weighted by atomic mass is 10.1. The van der Waals surface area contributed by atoms with E-state index in [9.17, 15) is 9.59 Å². The normalized spacial score (nSPS) is 15.1. The minimum Gasteiger partial charge on any atom is -0.493 e. The van der Waals surface area contributed by atoms with Crippen LogP contribution in [0.15, 0.2) is 23.2 Å². The molecule has 0 aliphatic carbocycles. The van der Waals surface area contributed by atoms with Gasteiger partial charge in [0.05, 0.1) is 6.61 Å². The van der Waals surface area contributed by atoms with Crippen molar-refractivity contribution < 1.29 is 14.3 Å². The third-order valence-electron chi connectivity index (χ3n) is 4.86. The molecule has 1 fully saturated rings. The summed E-state index contributed by atoms with van der Waals surface area (Å²) in [5.41, 5.74) is 2.22. The molecule has 7 nitrogen and oxygen atoms in total. The molecule has 1 aliphatic rings. The van der Waals surface area contributed by atoms with E-state index in [1.165, 1.54) is 4.90 Å². The molecule has 1 saturated heterocycles. The zero-order chi connectivity index (χ0) is 21.2. The van der Waals surface area contributed by atoms with Crippen LogP contribution in [0.1, 0.15) is 50.7 Å². The summed E-state index contributed by atoms with van der Waals surface area (Å²) >= 11 is 0. The van der Waals surface area contributed by atoms with Crippen LogP contribution in [0.5, 0.6) is 5.75 Å². The van der Waals surface area contributed by atoms with E-state index in [2.05, 4.69) is 54.6 Å². The smallest absolute Gasteiger partial charge is 0.229 e. The number of aliphatic imine (C=N–C) groups is 1. The van der Waals surface area contributed by atoms with Gasteiger partial charge in [0.2, 0.25) is 11.8 Å². The number of rotatable bonds is 9. The number of imide groups is 1. The lowest BCUT2D eigenvalue weighted by Gasteiger charge is -2.25. The van der Waals surface area contributed by atoms with E-state index in [0.29, 0.717) is 57.4 Å². The molecule has 29 heavy (non-hydrogen) atoms. The Morgan fingerprint density at radius 3 is 2.59 bits per heavy atom. The second-order valence-corrected chi connectivity index (χ2v) is 7.79. The third kappa shape index (κ3) is 7.40. The Labute approximate surface area is 173 Å². The fourth-order valence-corrected chi connectivity index (χ4v) is 3.08. The first-order valence-electron chi connectivity index (χ1n) is 10.4. The average molecular weight is 403 g/mol. The number of guanidine groups is 1. The van der Waals surface area contributed by atoms with Crippen molar-refractivity contribution in [1.29, 1.82) is 0 Å². The molecule has 0 atom stereocenters. The lowest BCUT2D eigenvalue weighted by Crippen LogP contribution is -2.46. The van der Waals surface area contributed by atoms with E-state index in [4.69, 9.17) is 4.74 Å². The van der Waals surface area contributed by atoms with Gasteiger partial charge in [-0.05, 0) is 37.3 Å². The maximum Gasteiger partial charge on any atom is 0.229 e. The third-order valence-corrected chi connectivity index (χ3v) is 4.86. The van der Waals surface area contributed by atoms with Gasteiger partial charge < -0.3 is 15.4 Å². The van der Waals surface area contributed by atoms with Crippen LogP contribution in [0.3, 0.4) is 0 Å². The van der Waals surface area contributed by atoms with Crippen molar-refractivity contribution in [2.24, 2.45) is 10.9 Å². The topological polar surface area (TPSA) is 83.0 Å². The lowest BCUT2D eigenvalue weighted by molar-refractivity contribution is -0.147. The first-order chi connectivity index (χ1) is 13.9. The summed E-state index contributed by atoms with van der Waals surface area (Å²) in [5, 5.41) is 6.44. The summed E-state index contributed by atoms with van der Waals surface area (Å²) in [7, 11) is 1.70. The van der Waals surface area contributed by atoms with Gasteiger partial charge in [-0.25, -0.2) is 0 Å². The largest absolute Gasteiger partial charge is 0.493 e. The van der Waals surface area contributed by atoms with Gasteiger partial charge in [0.1, 0.15) is 5.75 Å². The van der Waals surface area contributed by atoms with Crippen molar-refractivity contribution in [2.45, 2.75) is 53.0 Å². The van der Waals surface area contributed by atoms with E-state index in [1.54, 1.807) is 7.05 Å². The van der Waals surface area contributed by atoms with Crippen LogP contribution in [0.2, 0.25) is 0 Å². The molecular weight excluding hydrogens is 368 g/mol. The summed E-state index contributed by atoms with van der Waals surface area (Å²) < 4.78 is 6.00. The SMILES string of the molecule is CN=C(NCCN1C(=O)CCCC1=O)NCc1ccc(C)cc1OCCC(C)C. The molecular formula is C22H34N4O3. The summed E-state index contributed by atoms with van der Waals surface area (Å²) in [6.07, 6.45) is 2.57. The maximum absolute atomic E-state index is 11.9. The number of hydrogen-bond acceptors (Lipinski definition) is 4. The number of amides is 2. The van der Waals surface area contributed by atoms with E-state index in [-0.39, 0.29) is 11.8 Å². The summed E-state index contributed by atoms with van der Waals surface area (Å²) in [6, 6.07) is 6.18. The number of piperidine rings is 1. The first-order valence-corrected chi connectivity index (χ1v) is 10.4. The second kappa shape index (κ2) is 11.4. The predicted molar refractivity (Wildman–Crippen MR) is 115 cm³/mol. The number of carbonyl (C=O) groups is 2. The Morgan fingerprint density at radius 1 is 1.21 bits per heavy atom. The number of nitrogens with one attached hydrogen (secondary N) is 2. The Hall–Kier alpha value is -2.57. The number of nitrogens with zero attached hydrogens (tertiary/aromatic N) is 2. The molecule has 0 radical (unpaired) electrons. The van der Waals surface area contributed by atoms with E-state index in [1.807, 2.05) is 0 Å². The minimum atomic E-state index is -0.0890. The molecule has 1 aromatic rings. The fraction of sp³-hybridized carbons (Fsp3) is 0.591. The highest BCUT2D eigenvalue weighted by atomic mass is 16.5. The molecule has 1 aromatic carbocycles. The van der Waals surface area contributed by atoms with Gasteiger partial charge in [-0.2, -0.15) is 0 Å². The molecule has 1 heterocycles. The predicted octanol–water partition coefficient (Wildman–Crippen LogP) is 2.62. The summed E-state index contributed by atoms with van der Waals surface area (Å²) in [4.78, 5) is 29.3. The molecule has 0 aromatic heterocycles. The number of carbonyl (C=O) groups excluding carboxylic acids is 2. The fourth-order valence-electron chi connectivity index (χ4n) is 3.08. The quantitative estimate of drug-likeness (QED) is 0.377. The molecule has 0 saturated carbocycles. The van der Waals surface area contributed by atoms with Gasteiger partial charge in [0, 0.05) is 45.1 Å². The van der Waals surface area contributed by atoms with Crippen molar-refractivity contribution in [1.82, 2.24) is 15.5 Å². The first kappa shape index (κ1) is 22.7. The molecule has 2 N–H and O–H groups in total. The van der Waals surface area contributed by atoms with Crippen LogP contribution >= 0.6 is 0 Å². The van der Waals surface area contributed by atoms with Gasteiger partial charge in [-0.3, -0.25) is 19.5 Å². The van der Waals surface area contributed by atoms with Crippen molar-refractivity contribution in [3.8, 4) is 5.75 Å². The number of ether oxygens (including phenoxy) is 1. The molecule has 2 amide bonds. The van der Waals surface area contributed by atoms with Gasteiger partial charge >= 0.3 is 0 Å². The molecule has 0 spiro atoms. The van der Waals surface area contributed by atoms with Crippen LogP contribution < -0.4 is 15.4 Å². The van der Waals surface area contributed by atoms with Gasteiger partial charge in [0.15, 0.2) is 5.96 Å². The van der Waals surface area contributed by atoms with E-state index in [0.717, 1.165) is 23.3 Å². The van der Waals surface area contributed by atoms with Crippen molar-refractivity contribution >= 4 is 17.8 Å². The van der Waals surface area contributed by atoms with Crippen LogP contribution in [0, 0.1) is 12.8 Å². The van der Waals surface area contributed by atoms with Gasteiger partial charge in [-0.1, -0.05) is 26.0 Å². The van der Waals surface area contributed by atoms with Crippen molar-refractivity contribution in [3.63, 3.8) is 0 Å². The highest BCUT2D eigenvalue weighted by Gasteiger charge is 2.25. The van der Waals surface area contributed by atoms with Gasteiger partial charge in [-0.15, -0.1) is 0 Å². The zero-order valence-electron chi connectivity index (χ0n) is 18.1. The van der Waals surface area contributed by atoms with Crippen LogP contribution in [-0.2, 0) is 16.1 Å². The number of aryl methyl sites for hydroxylation is 1. The Morgan fingerprint density at radius 2 is 1.93 bits per heavy atom. The Kier molecular flexibility index (Phi) is 8.96. The summed E-state index contributed by atoms with van der Waals surface area (Å²) in [6.45, 7) is 8.49. The molecule has 2 rings (SSSR count). The average Bonchev–Trinajstić information content (AvgIpc) is 2.67. The van der Waals surface area contributed by atoms with E-state index >= 15 is 0 Å². The second-order valence-electron chi connectivity index (χ2n) is 7.79. The Bertz CT molecular complexity index is 715. The highest BCUT2D eigenvalue weighted by Crippen LogP contribution is 2.21. The molecule has 160 valence electrons. The zero-order valence-corrected chi connectivity index (χ0v) is 18.1. The molecule has 7 heteroatoms. The van der Waals surface area contributed by atoms with Gasteiger partial charge in [0.25, 0.3) is 0 Å². The van der Waals surface area contributed by atoms with Crippen LogP contribution in [0.4, 0.5) is 0 Å². The van der Waals surface area contributed by atoms with Crippen molar-refractivity contribution in [2.75, 3.05) is 26.7 Å². The molecule has 0 unspecified atom stereocenters. The molecule has 0 bridgehead atoms. The highest BCUT2D eigenvalue weighted by molar-refractivity contribution is 5.97. The Balaban J connectivity index is 1.85. The minimum absolute atomic E-state index is 0.0890. The number of likely N-dealkylation sites (tertiary alicyclic amines) is 1. The number of hydrogen-bond donors (Lipinski definition) is 2. The van der Waals surface area contributed by atoms with Crippen molar-refractivity contribution in [3.05, 3.63) is 29.3 Å². The molecule has 1 aliphatic heterocycles. The van der Waals surface area contributed by atoms with Crippen LogP contribution in [0.25, 0.3) is 0 Å².